The zero-order valence-electron chi connectivity index (χ0n) is 14.0. The second-order valence-corrected chi connectivity index (χ2v) is 6.21. The lowest BCUT2D eigenvalue weighted by atomic mass is 10.2. The van der Waals surface area contributed by atoms with E-state index >= 15 is 0 Å². The number of rotatable bonds is 5. The van der Waals surface area contributed by atoms with Crippen LogP contribution in [0.25, 0.3) is 0 Å². The van der Waals surface area contributed by atoms with Crippen LogP contribution in [0.2, 0.25) is 0 Å². The van der Waals surface area contributed by atoms with Gasteiger partial charge < -0.3 is 15.0 Å². The molecule has 0 spiro atoms. The molecule has 1 fully saturated rings. The first-order valence-corrected chi connectivity index (χ1v) is 8.39. The molecule has 2 amide bonds. The molecule has 1 saturated heterocycles. The number of carbonyl (C=O) groups is 2. The minimum Gasteiger partial charge on any atom is -0.491 e. The normalized spacial score (nSPS) is 15.2. The Bertz CT molecular complexity index is 518. The van der Waals surface area contributed by atoms with Crippen LogP contribution in [0.4, 0.5) is 5.69 Å². The van der Waals surface area contributed by atoms with E-state index in [0.717, 1.165) is 31.7 Å². The first-order valence-electron chi connectivity index (χ1n) is 8.39. The summed E-state index contributed by atoms with van der Waals surface area (Å²) in [5.74, 6) is 0.416. The van der Waals surface area contributed by atoms with E-state index in [2.05, 4.69) is 5.32 Å². The Kier molecular flexibility index (Phi) is 6.44. The molecule has 0 bridgehead atoms. The fraction of sp³-hybridized carbons (Fsp3) is 0.556. The van der Waals surface area contributed by atoms with Crippen molar-refractivity contribution in [3.8, 4) is 5.75 Å². The van der Waals surface area contributed by atoms with Crippen molar-refractivity contribution >= 4 is 17.5 Å². The van der Waals surface area contributed by atoms with Gasteiger partial charge in [0.25, 0.3) is 0 Å². The maximum atomic E-state index is 12.2. The summed E-state index contributed by atoms with van der Waals surface area (Å²) in [5, 5.41) is 2.77. The first-order chi connectivity index (χ1) is 11.0. The van der Waals surface area contributed by atoms with Crippen molar-refractivity contribution in [2.75, 3.05) is 18.4 Å². The summed E-state index contributed by atoms with van der Waals surface area (Å²) in [7, 11) is 0. The third kappa shape index (κ3) is 5.93. The number of hydrogen-bond donors (Lipinski definition) is 1. The summed E-state index contributed by atoms with van der Waals surface area (Å²) >= 11 is 0. The second-order valence-electron chi connectivity index (χ2n) is 6.21. The molecule has 126 valence electrons. The molecule has 0 aliphatic carbocycles. The maximum absolute atomic E-state index is 12.2. The zero-order chi connectivity index (χ0) is 16.7. The van der Waals surface area contributed by atoms with Gasteiger partial charge in [0.05, 0.1) is 6.10 Å². The number of benzene rings is 1. The number of amides is 2. The molecule has 0 radical (unpaired) electrons. The van der Waals surface area contributed by atoms with Gasteiger partial charge in [-0.15, -0.1) is 0 Å². The highest BCUT2D eigenvalue weighted by Crippen LogP contribution is 2.17. The lowest BCUT2D eigenvalue weighted by molar-refractivity contribution is -0.134. The first kappa shape index (κ1) is 17.3. The average Bonchev–Trinajstić information content (AvgIpc) is 2.78. The Morgan fingerprint density at radius 2 is 1.70 bits per heavy atom. The summed E-state index contributed by atoms with van der Waals surface area (Å²) < 4.78 is 5.56. The van der Waals surface area contributed by atoms with E-state index in [1.54, 1.807) is 12.1 Å². The van der Waals surface area contributed by atoms with E-state index < -0.39 is 0 Å². The second kappa shape index (κ2) is 8.56. The van der Waals surface area contributed by atoms with Crippen LogP contribution in [0.1, 0.15) is 46.0 Å². The predicted molar refractivity (Wildman–Crippen MR) is 90.5 cm³/mol. The minimum atomic E-state index is -0.267. The molecule has 0 saturated carbocycles. The van der Waals surface area contributed by atoms with Crippen LogP contribution in [0.5, 0.6) is 5.75 Å². The molecule has 5 nitrogen and oxygen atoms in total. The van der Waals surface area contributed by atoms with Crippen LogP contribution in [0.15, 0.2) is 24.3 Å². The van der Waals surface area contributed by atoms with Crippen LogP contribution >= 0.6 is 0 Å². The summed E-state index contributed by atoms with van der Waals surface area (Å²) in [6.07, 6.45) is 4.42. The summed E-state index contributed by atoms with van der Waals surface area (Å²) in [5.41, 5.74) is 0.676. The molecule has 0 atom stereocenters. The highest BCUT2D eigenvalue weighted by atomic mass is 16.5. The van der Waals surface area contributed by atoms with E-state index in [1.807, 2.05) is 30.9 Å². The third-order valence-corrected chi connectivity index (χ3v) is 3.78. The zero-order valence-corrected chi connectivity index (χ0v) is 14.0. The van der Waals surface area contributed by atoms with Gasteiger partial charge in [-0.1, -0.05) is 12.8 Å². The standard InChI is InChI=1S/C18H26N2O3/c1-14(2)23-16-9-7-15(8-10-16)19-17(21)13-18(22)20-11-5-3-4-6-12-20/h7-10,14H,3-6,11-13H2,1-2H3,(H,19,21). The van der Waals surface area contributed by atoms with Crippen LogP contribution in [-0.4, -0.2) is 35.9 Å². The molecule has 1 aliphatic heterocycles. The summed E-state index contributed by atoms with van der Waals surface area (Å²) in [6.45, 7) is 5.47. The van der Waals surface area contributed by atoms with Gasteiger partial charge in [0.1, 0.15) is 12.2 Å². The van der Waals surface area contributed by atoms with Crippen molar-refractivity contribution in [1.82, 2.24) is 4.90 Å². The summed E-state index contributed by atoms with van der Waals surface area (Å²) in [6, 6.07) is 7.19. The van der Waals surface area contributed by atoms with Gasteiger partial charge in [-0.25, -0.2) is 0 Å². The summed E-state index contributed by atoms with van der Waals surface area (Å²) in [4.78, 5) is 26.0. The topological polar surface area (TPSA) is 58.6 Å². The van der Waals surface area contributed by atoms with Gasteiger partial charge in [-0.3, -0.25) is 9.59 Å². The number of ether oxygens (including phenoxy) is 1. The molecule has 5 heteroatoms. The maximum Gasteiger partial charge on any atom is 0.233 e. The SMILES string of the molecule is CC(C)Oc1ccc(NC(=O)CC(=O)N2CCCCCC2)cc1. The van der Waals surface area contributed by atoms with E-state index in [1.165, 1.54) is 12.8 Å². The third-order valence-electron chi connectivity index (χ3n) is 3.78. The molecule has 1 aromatic rings. The monoisotopic (exact) mass is 318 g/mol. The van der Waals surface area contributed by atoms with Crippen molar-refractivity contribution < 1.29 is 14.3 Å². The highest BCUT2D eigenvalue weighted by molar-refractivity contribution is 6.03. The molecule has 2 rings (SSSR count). The number of hydrogen-bond acceptors (Lipinski definition) is 3. The van der Waals surface area contributed by atoms with Crippen molar-refractivity contribution in [1.29, 1.82) is 0 Å². The Hall–Kier alpha value is -2.04. The van der Waals surface area contributed by atoms with Crippen molar-refractivity contribution in [3.63, 3.8) is 0 Å². The quantitative estimate of drug-likeness (QED) is 0.848. The molecule has 23 heavy (non-hydrogen) atoms. The van der Waals surface area contributed by atoms with Gasteiger partial charge in [0.2, 0.25) is 11.8 Å². The Balaban J connectivity index is 1.82. The van der Waals surface area contributed by atoms with E-state index in [4.69, 9.17) is 4.74 Å². The average molecular weight is 318 g/mol. The smallest absolute Gasteiger partial charge is 0.233 e. The Labute approximate surface area is 138 Å². The van der Waals surface area contributed by atoms with Gasteiger partial charge in [-0.05, 0) is 51.0 Å². The molecule has 0 unspecified atom stereocenters. The predicted octanol–water partition coefficient (Wildman–Crippen LogP) is 3.21. The largest absolute Gasteiger partial charge is 0.491 e. The van der Waals surface area contributed by atoms with Crippen molar-refractivity contribution in [3.05, 3.63) is 24.3 Å². The van der Waals surface area contributed by atoms with Gasteiger partial charge >= 0.3 is 0 Å². The van der Waals surface area contributed by atoms with Crippen molar-refractivity contribution in [2.45, 2.75) is 52.1 Å². The number of nitrogens with zero attached hydrogens (tertiary/aromatic N) is 1. The van der Waals surface area contributed by atoms with Gasteiger partial charge in [0.15, 0.2) is 0 Å². The number of likely N-dealkylation sites (tertiary alicyclic amines) is 1. The van der Waals surface area contributed by atoms with Gasteiger partial charge in [0, 0.05) is 18.8 Å². The fourth-order valence-corrected chi connectivity index (χ4v) is 2.66. The van der Waals surface area contributed by atoms with Crippen LogP contribution in [0, 0.1) is 0 Å². The molecule has 1 N–H and O–H groups in total. The minimum absolute atomic E-state index is 0.0795. The Morgan fingerprint density at radius 3 is 2.26 bits per heavy atom. The number of nitrogens with one attached hydrogen (secondary N) is 1. The molecule has 0 aromatic heterocycles. The molecular weight excluding hydrogens is 292 g/mol. The molecule has 1 aromatic carbocycles. The van der Waals surface area contributed by atoms with E-state index in [9.17, 15) is 9.59 Å². The van der Waals surface area contributed by atoms with Crippen LogP contribution in [-0.2, 0) is 9.59 Å². The van der Waals surface area contributed by atoms with Gasteiger partial charge in [-0.2, -0.15) is 0 Å². The van der Waals surface area contributed by atoms with Crippen molar-refractivity contribution in [2.24, 2.45) is 0 Å². The Morgan fingerprint density at radius 1 is 1.09 bits per heavy atom. The lowest BCUT2D eigenvalue weighted by Crippen LogP contribution is -2.34. The van der Waals surface area contributed by atoms with E-state index in [0.29, 0.717) is 5.69 Å². The van der Waals surface area contributed by atoms with Crippen LogP contribution < -0.4 is 10.1 Å². The van der Waals surface area contributed by atoms with Crippen LogP contribution in [0.3, 0.4) is 0 Å². The number of anilines is 1. The molecular formula is C18H26N2O3. The van der Waals surface area contributed by atoms with E-state index in [-0.39, 0.29) is 24.3 Å². The lowest BCUT2D eigenvalue weighted by Gasteiger charge is -2.20. The number of carbonyl (C=O) groups excluding carboxylic acids is 2. The molecule has 1 heterocycles. The molecule has 1 aliphatic rings. The highest BCUT2D eigenvalue weighted by Gasteiger charge is 2.18. The fourth-order valence-electron chi connectivity index (χ4n) is 2.66.